The van der Waals surface area contributed by atoms with Crippen LogP contribution >= 0.6 is 11.3 Å². The summed E-state index contributed by atoms with van der Waals surface area (Å²) in [5, 5.41) is 0.557. The van der Waals surface area contributed by atoms with Gasteiger partial charge in [-0.25, -0.2) is 9.78 Å². The largest absolute Gasteiger partial charge is 0.459 e. The van der Waals surface area contributed by atoms with Crippen molar-refractivity contribution >= 4 is 27.5 Å². The molecule has 3 aromatic rings. The third kappa shape index (κ3) is 3.23. The first-order valence-electron chi connectivity index (χ1n) is 7.80. The molecular weight excluding hydrogens is 324 g/mol. The van der Waals surface area contributed by atoms with Gasteiger partial charge in [0, 0.05) is 4.88 Å². The molecule has 6 heteroatoms. The number of aryl methyl sites for hydroxylation is 1. The van der Waals surface area contributed by atoms with Crippen molar-refractivity contribution in [3.63, 3.8) is 0 Å². The number of nitrogens with zero attached hydrogens (tertiary/aromatic N) is 2. The summed E-state index contributed by atoms with van der Waals surface area (Å²) < 4.78 is 6.65. The number of thiophene rings is 1. The SMILES string of the molecule is CCc1cc2c(=O)n(C(C)C(=O)OCc3ccccc3)cnc2s1. The van der Waals surface area contributed by atoms with Crippen LogP contribution < -0.4 is 5.56 Å². The Morgan fingerprint density at radius 1 is 1.33 bits per heavy atom. The van der Waals surface area contributed by atoms with Crippen molar-refractivity contribution in [1.82, 2.24) is 9.55 Å². The molecule has 0 aliphatic carbocycles. The standard InChI is InChI=1S/C18H18N2O3S/c1-3-14-9-15-16(24-14)19-11-20(17(15)21)12(2)18(22)23-10-13-7-5-4-6-8-13/h4-9,11-12H,3,10H2,1-2H3. The van der Waals surface area contributed by atoms with Crippen LogP contribution in [-0.2, 0) is 22.6 Å². The zero-order valence-corrected chi connectivity index (χ0v) is 14.4. The Hall–Kier alpha value is -2.47. The first-order chi connectivity index (χ1) is 11.6. The van der Waals surface area contributed by atoms with E-state index in [0.717, 1.165) is 16.9 Å². The molecule has 1 unspecified atom stereocenters. The Morgan fingerprint density at radius 2 is 2.08 bits per heavy atom. The second-order valence-electron chi connectivity index (χ2n) is 5.51. The van der Waals surface area contributed by atoms with Crippen LogP contribution in [0.15, 0.2) is 47.5 Å². The lowest BCUT2D eigenvalue weighted by Crippen LogP contribution is -2.29. The fourth-order valence-electron chi connectivity index (χ4n) is 2.40. The molecule has 5 nitrogen and oxygen atoms in total. The van der Waals surface area contributed by atoms with Gasteiger partial charge in [0.05, 0.1) is 11.7 Å². The predicted octanol–water partition coefficient (Wildman–Crippen LogP) is 3.32. The van der Waals surface area contributed by atoms with Gasteiger partial charge in [-0.1, -0.05) is 37.3 Å². The second-order valence-corrected chi connectivity index (χ2v) is 6.63. The van der Waals surface area contributed by atoms with Crippen LogP contribution in [0.2, 0.25) is 0 Å². The molecule has 2 heterocycles. The molecule has 0 saturated carbocycles. The normalized spacial score (nSPS) is 12.2. The average Bonchev–Trinajstić information content (AvgIpc) is 3.04. The average molecular weight is 342 g/mol. The molecular formula is C18H18N2O3S. The summed E-state index contributed by atoms with van der Waals surface area (Å²) >= 11 is 1.51. The quantitative estimate of drug-likeness (QED) is 0.667. The molecule has 0 radical (unpaired) electrons. The van der Waals surface area contributed by atoms with E-state index in [1.54, 1.807) is 6.92 Å². The van der Waals surface area contributed by atoms with Crippen molar-refractivity contribution in [2.24, 2.45) is 0 Å². The fourth-order valence-corrected chi connectivity index (χ4v) is 3.33. The van der Waals surface area contributed by atoms with E-state index in [2.05, 4.69) is 4.98 Å². The maximum absolute atomic E-state index is 12.6. The zero-order chi connectivity index (χ0) is 17.1. The number of hydrogen-bond donors (Lipinski definition) is 0. The lowest BCUT2D eigenvalue weighted by Gasteiger charge is -2.14. The van der Waals surface area contributed by atoms with Gasteiger partial charge < -0.3 is 4.74 Å². The number of carbonyl (C=O) groups excluding carboxylic acids is 1. The molecule has 24 heavy (non-hydrogen) atoms. The lowest BCUT2D eigenvalue weighted by atomic mass is 10.2. The number of rotatable bonds is 5. The number of benzene rings is 1. The maximum atomic E-state index is 12.6. The predicted molar refractivity (Wildman–Crippen MR) is 94.2 cm³/mol. The van der Waals surface area contributed by atoms with E-state index in [-0.39, 0.29) is 12.2 Å². The molecule has 1 atom stereocenters. The summed E-state index contributed by atoms with van der Waals surface area (Å²) in [6.45, 7) is 3.87. The third-order valence-corrected chi connectivity index (χ3v) is 5.05. The monoisotopic (exact) mass is 342 g/mol. The summed E-state index contributed by atoms with van der Waals surface area (Å²) in [6, 6.07) is 10.6. The molecule has 0 N–H and O–H groups in total. The highest BCUT2D eigenvalue weighted by Gasteiger charge is 2.20. The number of fused-ring (bicyclic) bond motifs is 1. The Kier molecular flexibility index (Phi) is 4.76. The molecule has 0 amide bonds. The molecule has 124 valence electrons. The minimum atomic E-state index is -0.719. The van der Waals surface area contributed by atoms with Crippen molar-refractivity contribution in [3.8, 4) is 0 Å². The number of hydrogen-bond acceptors (Lipinski definition) is 5. The second kappa shape index (κ2) is 6.97. The van der Waals surface area contributed by atoms with Gasteiger partial charge in [0.15, 0.2) is 0 Å². The Labute approximate surface area is 143 Å². The summed E-state index contributed by atoms with van der Waals surface area (Å²) in [4.78, 5) is 31.0. The molecule has 1 aromatic carbocycles. The molecule has 0 saturated heterocycles. The summed E-state index contributed by atoms with van der Waals surface area (Å²) in [6.07, 6.45) is 2.28. The zero-order valence-electron chi connectivity index (χ0n) is 13.6. The summed E-state index contributed by atoms with van der Waals surface area (Å²) in [5.74, 6) is -0.451. The lowest BCUT2D eigenvalue weighted by molar-refractivity contribution is -0.148. The molecule has 0 spiro atoms. The highest BCUT2D eigenvalue weighted by atomic mass is 32.1. The van der Waals surface area contributed by atoms with Crippen molar-refractivity contribution in [1.29, 1.82) is 0 Å². The first kappa shape index (κ1) is 16.4. The maximum Gasteiger partial charge on any atom is 0.329 e. The minimum Gasteiger partial charge on any atom is -0.459 e. The molecule has 0 fully saturated rings. The van der Waals surface area contributed by atoms with E-state index in [9.17, 15) is 9.59 Å². The van der Waals surface area contributed by atoms with E-state index in [0.29, 0.717) is 10.2 Å². The van der Waals surface area contributed by atoms with E-state index in [4.69, 9.17) is 4.74 Å². The fraction of sp³-hybridized carbons (Fsp3) is 0.278. The summed E-state index contributed by atoms with van der Waals surface area (Å²) in [7, 11) is 0. The van der Waals surface area contributed by atoms with Crippen LogP contribution in [0.5, 0.6) is 0 Å². The van der Waals surface area contributed by atoms with Gasteiger partial charge >= 0.3 is 5.97 Å². The Morgan fingerprint density at radius 3 is 2.79 bits per heavy atom. The van der Waals surface area contributed by atoms with Gasteiger partial charge in [-0.3, -0.25) is 9.36 Å². The van der Waals surface area contributed by atoms with Gasteiger partial charge in [0.25, 0.3) is 5.56 Å². The van der Waals surface area contributed by atoms with Crippen molar-refractivity contribution in [2.45, 2.75) is 32.9 Å². The van der Waals surface area contributed by atoms with Crippen molar-refractivity contribution < 1.29 is 9.53 Å². The highest BCUT2D eigenvalue weighted by molar-refractivity contribution is 7.18. The van der Waals surface area contributed by atoms with E-state index < -0.39 is 12.0 Å². The van der Waals surface area contributed by atoms with Crippen LogP contribution in [0.3, 0.4) is 0 Å². The molecule has 0 aliphatic heterocycles. The topological polar surface area (TPSA) is 61.2 Å². The van der Waals surface area contributed by atoms with E-state index in [1.165, 1.54) is 22.2 Å². The van der Waals surface area contributed by atoms with Crippen LogP contribution in [0.25, 0.3) is 10.2 Å². The smallest absolute Gasteiger partial charge is 0.329 e. The van der Waals surface area contributed by atoms with Crippen LogP contribution in [0.4, 0.5) is 0 Å². The van der Waals surface area contributed by atoms with Gasteiger partial charge in [-0.05, 0) is 25.0 Å². The number of esters is 1. The molecule has 3 rings (SSSR count). The van der Waals surface area contributed by atoms with Crippen molar-refractivity contribution in [2.75, 3.05) is 0 Å². The Bertz CT molecular complexity index is 915. The number of aromatic nitrogens is 2. The van der Waals surface area contributed by atoms with E-state index >= 15 is 0 Å². The Balaban J connectivity index is 1.80. The van der Waals surface area contributed by atoms with Gasteiger partial charge in [0.1, 0.15) is 17.5 Å². The molecule has 0 bridgehead atoms. The molecule has 2 aromatic heterocycles. The molecule has 0 aliphatic rings. The minimum absolute atomic E-state index is 0.187. The first-order valence-corrected chi connectivity index (χ1v) is 8.62. The van der Waals surface area contributed by atoms with Gasteiger partial charge in [-0.2, -0.15) is 0 Å². The van der Waals surface area contributed by atoms with Gasteiger partial charge in [0.2, 0.25) is 0 Å². The van der Waals surface area contributed by atoms with Crippen LogP contribution in [-0.4, -0.2) is 15.5 Å². The van der Waals surface area contributed by atoms with Crippen molar-refractivity contribution in [3.05, 3.63) is 63.5 Å². The number of ether oxygens (including phenoxy) is 1. The third-order valence-electron chi connectivity index (χ3n) is 3.86. The van der Waals surface area contributed by atoms with Crippen LogP contribution in [0.1, 0.15) is 30.3 Å². The summed E-state index contributed by atoms with van der Waals surface area (Å²) in [5.41, 5.74) is 0.699. The highest BCUT2D eigenvalue weighted by Crippen LogP contribution is 2.21. The number of carbonyl (C=O) groups is 1. The van der Waals surface area contributed by atoms with Gasteiger partial charge in [-0.15, -0.1) is 11.3 Å². The van der Waals surface area contributed by atoms with E-state index in [1.807, 2.05) is 43.3 Å². The van der Waals surface area contributed by atoms with Crippen LogP contribution in [0, 0.1) is 0 Å².